The summed E-state index contributed by atoms with van der Waals surface area (Å²) in [5.41, 5.74) is 6.47. The molecule has 0 aromatic rings. The summed E-state index contributed by atoms with van der Waals surface area (Å²) in [4.78, 5) is 0. The molecule has 0 unspecified atom stereocenters. The minimum atomic E-state index is 0.521. The second-order valence-electron chi connectivity index (χ2n) is 2.35. The predicted octanol–water partition coefficient (Wildman–Crippen LogP) is 1.99. The van der Waals surface area contributed by atoms with Gasteiger partial charge in [0.05, 0.1) is 0 Å². The van der Waals surface area contributed by atoms with E-state index in [2.05, 4.69) is 22.7 Å². The molecule has 0 fully saturated rings. The normalized spacial score (nSPS) is 12.9. The average Bonchev–Trinajstić information content (AvgIpc) is 1.87. The van der Waals surface area contributed by atoms with Crippen LogP contribution in [0.2, 0.25) is 0 Å². The van der Waals surface area contributed by atoms with E-state index in [9.17, 15) is 0 Å². The fourth-order valence-electron chi connectivity index (χ4n) is 0.648. The van der Waals surface area contributed by atoms with Crippen molar-refractivity contribution in [3.8, 4) is 0 Å². The van der Waals surface area contributed by atoms with E-state index in [1.54, 1.807) is 6.20 Å². The van der Waals surface area contributed by atoms with Crippen LogP contribution in [0.5, 0.6) is 0 Å². The van der Waals surface area contributed by atoms with E-state index in [1.807, 2.05) is 17.9 Å². The lowest BCUT2D eigenvalue weighted by atomic mass is 10.0. The lowest BCUT2D eigenvalue weighted by Crippen LogP contribution is -1.91. The second-order valence-corrected chi connectivity index (χ2v) is 2.68. The van der Waals surface area contributed by atoms with Gasteiger partial charge in [0, 0.05) is 0 Å². The highest BCUT2D eigenvalue weighted by Crippen LogP contribution is 2.09. The highest BCUT2D eigenvalue weighted by molar-refractivity contribution is 7.18. The zero-order chi connectivity index (χ0) is 7.98. The largest absolute Gasteiger partial charge is 0.405 e. The minimum absolute atomic E-state index is 0.521. The molecule has 0 aliphatic heterocycles. The SMILES string of the molecule is CC(C)C(/C=C\N)=C/C=P. The first-order chi connectivity index (χ1) is 4.72. The summed E-state index contributed by atoms with van der Waals surface area (Å²) >= 11 is 0. The van der Waals surface area contributed by atoms with Gasteiger partial charge in [-0.25, -0.2) is 0 Å². The van der Waals surface area contributed by atoms with E-state index < -0.39 is 0 Å². The maximum absolute atomic E-state index is 5.25. The Labute approximate surface area is 64.8 Å². The fraction of sp³-hybridized carbons (Fsp3) is 0.375. The molecule has 0 heterocycles. The van der Waals surface area contributed by atoms with Crippen LogP contribution in [0.1, 0.15) is 13.8 Å². The van der Waals surface area contributed by atoms with Gasteiger partial charge < -0.3 is 5.73 Å². The van der Waals surface area contributed by atoms with Crippen molar-refractivity contribution in [1.82, 2.24) is 0 Å². The molecule has 0 aliphatic rings. The van der Waals surface area contributed by atoms with Gasteiger partial charge in [0.1, 0.15) is 0 Å². The molecule has 0 aromatic heterocycles. The molecule has 10 heavy (non-hydrogen) atoms. The molecule has 0 atom stereocenters. The van der Waals surface area contributed by atoms with Crippen LogP contribution in [0.3, 0.4) is 0 Å². The third-order valence-electron chi connectivity index (χ3n) is 1.23. The van der Waals surface area contributed by atoms with Crippen molar-refractivity contribution >= 4 is 14.7 Å². The van der Waals surface area contributed by atoms with Crippen molar-refractivity contribution in [3.63, 3.8) is 0 Å². The molecule has 1 nitrogen and oxygen atoms in total. The Morgan fingerprint density at radius 1 is 1.50 bits per heavy atom. The highest BCUT2D eigenvalue weighted by atomic mass is 31.0. The summed E-state index contributed by atoms with van der Waals surface area (Å²) in [7, 11) is 3.26. The first kappa shape index (κ1) is 9.45. The number of hydrogen-bond donors (Lipinski definition) is 1. The Balaban J connectivity index is 4.25. The van der Waals surface area contributed by atoms with E-state index in [4.69, 9.17) is 5.73 Å². The first-order valence-electron chi connectivity index (χ1n) is 3.31. The summed E-state index contributed by atoms with van der Waals surface area (Å²) < 4.78 is 0. The van der Waals surface area contributed by atoms with Gasteiger partial charge in [-0.1, -0.05) is 19.9 Å². The quantitative estimate of drug-likeness (QED) is 0.489. The Morgan fingerprint density at radius 3 is 2.40 bits per heavy atom. The van der Waals surface area contributed by atoms with Crippen molar-refractivity contribution in [2.75, 3.05) is 0 Å². The zero-order valence-electron chi connectivity index (χ0n) is 6.46. The number of hydrogen-bond acceptors (Lipinski definition) is 1. The standard InChI is InChI=1S/C8H14NP/c1-7(2)8(3-5-9)4-6-10/h3-7,10H,9H2,1-2H3/b5-3-,8-4+. The molecule has 2 N–H and O–H groups in total. The average molecular weight is 155 g/mol. The van der Waals surface area contributed by atoms with Gasteiger partial charge in [0.25, 0.3) is 0 Å². The lowest BCUT2D eigenvalue weighted by molar-refractivity contribution is 0.793. The third kappa shape index (κ3) is 3.47. The molecule has 0 spiro atoms. The van der Waals surface area contributed by atoms with Crippen LogP contribution in [0.25, 0.3) is 0 Å². The molecular formula is C8H14NP. The van der Waals surface area contributed by atoms with E-state index >= 15 is 0 Å². The molecular weight excluding hydrogens is 141 g/mol. The molecule has 0 amide bonds. The van der Waals surface area contributed by atoms with Gasteiger partial charge in [0.15, 0.2) is 0 Å². The van der Waals surface area contributed by atoms with Gasteiger partial charge in [-0.2, -0.15) is 0 Å². The summed E-state index contributed by atoms with van der Waals surface area (Å²) in [6, 6.07) is 0. The summed E-state index contributed by atoms with van der Waals surface area (Å²) in [6.45, 7) is 4.25. The molecule has 0 aromatic carbocycles. The molecule has 0 aliphatic carbocycles. The molecule has 0 radical (unpaired) electrons. The van der Waals surface area contributed by atoms with Crippen LogP contribution in [-0.2, 0) is 0 Å². The maximum Gasteiger partial charge on any atom is -0.00595 e. The van der Waals surface area contributed by atoms with E-state index in [1.165, 1.54) is 5.57 Å². The smallest absolute Gasteiger partial charge is 0.00595 e. The van der Waals surface area contributed by atoms with E-state index in [0.717, 1.165) is 0 Å². The molecule has 2 heteroatoms. The van der Waals surface area contributed by atoms with Crippen LogP contribution in [0, 0.1) is 5.92 Å². The van der Waals surface area contributed by atoms with Crippen LogP contribution >= 0.6 is 8.86 Å². The fourth-order valence-corrected chi connectivity index (χ4v) is 0.840. The van der Waals surface area contributed by atoms with E-state index in [0.29, 0.717) is 5.92 Å². The Kier molecular flexibility index (Phi) is 4.96. The van der Waals surface area contributed by atoms with Crippen molar-refractivity contribution in [1.29, 1.82) is 0 Å². The number of nitrogens with two attached hydrogens (primary N) is 1. The van der Waals surface area contributed by atoms with Crippen molar-refractivity contribution < 1.29 is 0 Å². The Bertz CT molecular complexity index is 157. The van der Waals surface area contributed by atoms with Crippen LogP contribution < -0.4 is 5.73 Å². The zero-order valence-corrected chi connectivity index (χ0v) is 7.46. The van der Waals surface area contributed by atoms with Crippen LogP contribution in [0.4, 0.5) is 0 Å². The van der Waals surface area contributed by atoms with Crippen LogP contribution in [-0.4, -0.2) is 5.80 Å². The summed E-state index contributed by atoms with van der Waals surface area (Å²) in [5.74, 6) is 2.35. The van der Waals surface area contributed by atoms with Crippen LogP contribution in [0.15, 0.2) is 23.9 Å². The Hall–Kier alpha value is -0.550. The highest BCUT2D eigenvalue weighted by Gasteiger charge is 1.95. The lowest BCUT2D eigenvalue weighted by Gasteiger charge is -2.03. The van der Waals surface area contributed by atoms with Crippen molar-refractivity contribution in [3.05, 3.63) is 23.9 Å². The Morgan fingerprint density at radius 2 is 2.10 bits per heavy atom. The summed E-state index contributed by atoms with van der Waals surface area (Å²) in [5, 5.41) is 0. The number of rotatable bonds is 3. The monoisotopic (exact) mass is 155 g/mol. The van der Waals surface area contributed by atoms with Gasteiger partial charge in [0.2, 0.25) is 0 Å². The number of allylic oxidation sites excluding steroid dienone is 3. The van der Waals surface area contributed by atoms with Crippen molar-refractivity contribution in [2.24, 2.45) is 11.7 Å². The van der Waals surface area contributed by atoms with Crippen molar-refractivity contribution in [2.45, 2.75) is 13.8 Å². The summed E-state index contributed by atoms with van der Waals surface area (Å²) in [6.07, 6.45) is 5.45. The third-order valence-corrected chi connectivity index (χ3v) is 1.40. The minimum Gasteiger partial charge on any atom is -0.405 e. The van der Waals surface area contributed by atoms with E-state index in [-0.39, 0.29) is 0 Å². The molecule has 0 bridgehead atoms. The van der Waals surface area contributed by atoms with Gasteiger partial charge in [-0.15, -0.1) is 8.86 Å². The van der Waals surface area contributed by atoms with Gasteiger partial charge in [-0.3, -0.25) is 0 Å². The molecule has 56 valence electrons. The predicted molar refractivity (Wildman–Crippen MR) is 50.6 cm³/mol. The molecule has 0 rings (SSSR count). The first-order valence-corrected chi connectivity index (χ1v) is 3.89. The molecule has 0 saturated carbocycles. The second kappa shape index (κ2) is 5.25. The molecule has 0 saturated heterocycles. The van der Waals surface area contributed by atoms with Gasteiger partial charge in [-0.05, 0) is 29.6 Å². The topological polar surface area (TPSA) is 26.0 Å². The maximum atomic E-state index is 5.25. The van der Waals surface area contributed by atoms with Gasteiger partial charge >= 0.3 is 0 Å².